The van der Waals surface area contributed by atoms with Crippen LogP contribution in [0.1, 0.15) is 39.0 Å². The average Bonchev–Trinajstić information content (AvgIpc) is 2.01. The molecule has 74 valence electrons. The van der Waals surface area contributed by atoms with Gasteiger partial charge >= 0.3 is 0 Å². The Morgan fingerprint density at radius 2 is 1.62 bits per heavy atom. The molecule has 2 aliphatic carbocycles. The van der Waals surface area contributed by atoms with Gasteiger partial charge in [0.15, 0.2) is 0 Å². The van der Waals surface area contributed by atoms with E-state index in [1.165, 1.54) is 6.42 Å². The second-order valence-electron chi connectivity index (χ2n) is 4.87. The molecule has 0 heterocycles. The smallest absolute Gasteiger partial charge is 0.132 e. The fraction of sp³-hybridized carbons (Fsp3) is 0.909. The summed E-state index contributed by atoms with van der Waals surface area (Å²) in [7, 11) is 0. The van der Waals surface area contributed by atoms with E-state index in [1.54, 1.807) is 6.92 Å². The molecule has 2 saturated carbocycles. The lowest BCUT2D eigenvalue weighted by atomic mass is 9.66. The Balaban J connectivity index is 2.01. The van der Waals surface area contributed by atoms with Gasteiger partial charge in [-0.25, -0.2) is 0 Å². The summed E-state index contributed by atoms with van der Waals surface area (Å²) in [6.07, 6.45) is 5.09. The first-order valence-electron chi connectivity index (χ1n) is 5.33. The zero-order valence-electron chi connectivity index (χ0n) is 8.20. The monoisotopic (exact) mass is 182 g/mol. The molecule has 2 nitrogen and oxygen atoms in total. The van der Waals surface area contributed by atoms with Crippen LogP contribution in [0.5, 0.6) is 0 Å². The summed E-state index contributed by atoms with van der Waals surface area (Å²) in [4.78, 5) is 11.2. The van der Waals surface area contributed by atoms with Crippen molar-refractivity contribution in [3.05, 3.63) is 0 Å². The maximum atomic E-state index is 11.2. The molecule has 1 N–H and O–H groups in total. The number of hydrogen-bond acceptors (Lipinski definition) is 2. The standard InChI is InChI=1S/C11H18O2/c1-7(12)10-3-8-2-9(4-10)6-11(13)5-8/h8-11,13H,2-6H2,1H3/t8-,9-,10?,11?/m1/s1. The number of carbonyl (C=O) groups excluding carboxylic acids is 1. The SMILES string of the molecule is CC(=O)C1C[C@@H]2CC(O)C[C@@H](C1)C2. The third-order valence-corrected chi connectivity index (χ3v) is 3.69. The zero-order valence-corrected chi connectivity index (χ0v) is 8.20. The molecule has 2 bridgehead atoms. The molecule has 0 aromatic heterocycles. The first kappa shape index (κ1) is 9.20. The Kier molecular flexibility index (Phi) is 2.41. The molecule has 0 radical (unpaired) electrons. The van der Waals surface area contributed by atoms with Gasteiger partial charge in [-0.05, 0) is 50.9 Å². The van der Waals surface area contributed by atoms with Gasteiger partial charge in [-0.15, -0.1) is 0 Å². The zero-order chi connectivity index (χ0) is 9.42. The van der Waals surface area contributed by atoms with Crippen LogP contribution in [0.3, 0.4) is 0 Å². The molecule has 2 atom stereocenters. The number of hydrogen-bond donors (Lipinski definition) is 1. The summed E-state index contributed by atoms with van der Waals surface area (Å²) >= 11 is 0. The normalized spacial score (nSPS) is 44.5. The van der Waals surface area contributed by atoms with Crippen LogP contribution in [0.15, 0.2) is 0 Å². The highest BCUT2D eigenvalue weighted by Gasteiger charge is 2.36. The lowest BCUT2D eigenvalue weighted by Crippen LogP contribution is -2.35. The van der Waals surface area contributed by atoms with Gasteiger partial charge in [-0.1, -0.05) is 0 Å². The van der Waals surface area contributed by atoms with Crippen LogP contribution < -0.4 is 0 Å². The van der Waals surface area contributed by atoms with E-state index in [4.69, 9.17) is 0 Å². The highest BCUT2D eigenvalue weighted by molar-refractivity contribution is 5.78. The van der Waals surface area contributed by atoms with Crippen molar-refractivity contribution < 1.29 is 9.90 Å². The third-order valence-electron chi connectivity index (χ3n) is 3.69. The second-order valence-corrected chi connectivity index (χ2v) is 4.87. The predicted octanol–water partition coefficient (Wildman–Crippen LogP) is 1.76. The summed E-state index contributed by atoms with van der Waals surface area (Å²) in [5.74, 6) is 1.90. The molecular weight excluding hydrogens is 164 g/mol. The highest BCUT2D eigenvalue weighted by atomic mass is 16.3. The van der Waals surface area contributed by atoms with Crippen molar-refractivity contribution in [2.45, 2.75) is 45.1 Å². The van der Waals surface area contributed by atoms with Crippen molar-refractivity contribution in [3.8, 4) is 0 Å². The molecule has 0 saturated heterocycles. The number of carbonyl (C=O) groups is 1. The summed E-state index contributed by atoms with van der Waals surface area (Å²) in [6, 6.07) is 0. The lowest BCUT2D eigenvalue weighted by Gasteiger charge is -2.40. The topological polar surface area (TPSA) is 37.3 Å². The van der Waals surface area contributed by atoms with E-state index in [9.17, 15) is 9.90 Å². The number of ketones is 1. The lowest BCUT2D eigenvalue weighted by molar-refractivity contribution is -0.124. The number of aliphatic hydroxyl groups is 1. The molecule has 0 aliphatic heterocycles. The molecule has 0 aromatic rings. The fourth-order valence-electron chi connectivity index (χ4n) is 3.15. The van der Waals surface area contributed by atoms with Crippen molar-refractivity contribution in [1.82, 2.24) is 0 Å². The number of aliphatic hydroxyl groups excluding tert-OH is 1. The third kappa shape index (κ3) is 1.93. The van der Waals surface area contributed by atoms with E-state index in [1.807, 2.05) is 0 Å². The minimum absolute atomic E-state index is 0.0864. The Morgan fingerprint density at radius 3 is 2.08 bits per heavy atom. The van der Waals surface area contributed by atoms with Crippen LogP contribution in [0.25, 0.3) is 0 Å². The molecule has 0 amide bonds. The van der Waals surface area contributed by atoms with E-state index in [0.717, 1.165) is 25.7 Å². The molecule has 13 heavy (non-hydrogen) atoms. The quantitative estimate of drug-likeness (QED) is 0.671. The number of fused-ring (bicyclic) bond motifs is 2. The maximum Gasteiger partial charge on any atom is 0.132 e. The van der Waals surface area contributed by atoms with E-state index in [-0.39, 0.29) is 6.10 Å². The summed E-state index contributed by atoms with van der Waals surface area (Å²) in [5.41, 5.74) is 0. The van der Waals surface area contributed by atoms with Crippen molar-refractivity contribution in [2.24, 2.45) is 17.8 Å². The van der Waals surface area contributed by atoms with Crippen LogP contribution in [0, 0.1) is 17.8 Å². The van der Waals surface area contributed by atoms with Crippen LogP contribution in [-0.2, 0) is 4.79 Å². The van der Waals surface area contributed by atoms with Crippen LogP contribution in [0.2, 0.25) is 0 Å². The van der Waals surface area contributed by atoms with E-state index < -0.39 is 0 Å². The summed E-state index contributed by atoms with van der Waals surface area (Å²) < 4.78 is 0. The molecule has 0 unspecified atom stereocenters. The number of rotatable bonds is 1. The minimum Gasteiger partial charge on any atom is -0.393 e. The van der Waals surface area contributed by atoms with Crippen molar-refractivity contribution in [2.75, 3.05) is 0 Å². The van der Waals surface area contributed by atoms with Gasteiger partial charge in [0.2, 0.25) is 0 Å². The molecule has 2 heteroatoms. The minimum atomic E-state index is -0.0864. The first-order chi connectivity index (χ1) is 6.15. The first-order valence-corrected chi connectivity index (χ1v) is 5.33. The molecule has 0 spiro atoms. The second kappa shape index (κ2) is 3.41. The molecule has 2 fully saturated rings. The Bertz CT molecular complexity index is 194. The van der Waals surface area contributed by atoms with Crippen LogP contribution in [0.4, 0.5) is 0 Å². The Morgan fingerprint density at radius 1 is 1.08 bits per heavy atom. The molecule has 2 aliphatic rings. The van der Waals surface area contributed by atoms with Gasteiger partial charge in [-0.3, -0.25) is 4.79 Å². The predicted molar refractivity (Wildman–Crippen MR) is 50.2 cm³/mol. The maximum absolute atomic E-state index is 11.2. The number of Topliss-reactive ketones (excluding diaryl/α,β-unsaturated/α-hetero) is 1. The highest BCUT2D eigenvalue weighted by Crippen LogP contribution is 2.42. The Hall–Kier alpha value is -0.370. The molecular formula is C11H18O2. The Labute approximate surface area is 79.3 Å². The van der Waals surface area contributed by atoms with Crippen molar-refractivity contribution in [1.29, 1.82) is 0 Å². The van der Waals surface area contributed by atoms with Crippen molar-refractivity contribution in [3.63, 3.8) is 0 Å². The van der Waals surface area contributed by atoms with Crippen molar-refractivity contribution >= 4 is 5.78 Å². The van der Waals surface area contributed by atoms with Gasteiger partial charge in [0.25, 0.3) is 0 Å². The van der Waals surface area contributed by atoms with E-state index in [2.05, 4.69) is 0 Å². The van der Waals surface area contributed by atoms with Gasteiger partial charge in [0.05, 0.1) is 6.10 Å². The van der Waals surface area contributed by atoms with Gasteiger partial charge in [0.1, 0.15) is 5.78 Å². The summed E-state index contributed by atoms with van der Waals surface area (Å²) in [6.45, 7) is 1.71. The van der Waals surface area contributed by atoms with E-state index >= 15 is 0 Å². The largest absolute Gasteiger partial charge is 0.393 e. The molecule has 2 rings (SSSR count). The average molecular weight is 182 g/mol. The van der Waals surface area contributed by atoms with Gasteiger partial charge in [0, 0.05) is 5.92 Å². The van der Waals surface area contributed by atoms with Crippen LogP contribution in [-0.4, -0.2) is 17.0 Å². The van der Waals surface area contributed by atoms with E-state index in [0.29, 0.717) is 23.5 Å². The molecule has 0 aromatic carbocycles. The van der Waals surface area contributed by atoms with Crippen LogP contribution >= 0.6 is 0 Å². The van der Waals surface area contributed by atoms with Gasteiger partial charge < -0.3 is 5.11 Å². The summed E-state index contributed by atoms with van der Waals surface area (Å²) in [5, 5.41) is 9.55. The van der Waals surface area contributed by atoms with Gasteiger partial charge in [-0.2, -0.15) is 0 Å². The fourth-order valence-corrected chi connectivity index (χ4v) is 3.15.